The Labute approximate surface area is 218 Å². The standard InChI is InChI=1S/C30H34N2O5/c1-20-17-21(5-12-27(20)36-3)18-29(33)31-24-8-6-22(7-9-24)23-13-15-32(16-14-23)30(34)26-11-10-25(35-2)19-28(26)37-4/h5-12,17,19,23H,13-16,18H2,1-4H3,(H,31,33). The van der Waals surface area contributed by atoms with Crippen LogP contribution in [0.2, 0.25) is 0 Å². The van der Waals surface area contributed by atoms with Crippen LogP contribution in [0.25, 0.3) is 0 Å². The maximum absolute atomic E-state index is 13.1. The molecular weight excluding hydrogens is 468 g/mol. The first-order valence-electron chi connectivity index (χ1n) is 12.5. The Hall–Kier alpha value is -4.00. The lowest BCUT2D eigenvalue weighted by atomic mass is 9.89. The molecule has 0 atom stereocenters. The Morgan fingerprint density at radius 3 is 2.19 bits per heavy atom. The maximum Gasteiger partial charge on any atom is 0.257 e. The molecule has 0 saturated carbocycles. The van der Waals surface area contributed by atoms with Gasteiger partial charge in [0.1, 0.15) is 17.2 Å². The molecule has 4 rings (SSSR count). The number of nitrogens with zero attached hydrogens (tertiary/aromatic N) is 1. The third-order valence-corrected chi connectivity index (χ3v) is 6.91. The highest BCUT2D eigenvalue weighted by atomic mass is 16.5. The van der Waals surface area contributed by atoms with E-state index in [4.69, 9.17) is 14.2 Å². The van der Waals surface area contributed by atoms with Crippen molar-refractivity contribution in [3.63, 3.8) is 0 Å². The zero-order valence-corrected chi connectivity index (χ0v) is 21.9. The van der Waals surface area contributed by atoms with E-state index in [1.807, 2.05) is 42.2 Å². The van der Waals surface area contributed by atoms with Crippen molar-refractivity contribution in [3.8, 4) is 17.2 Å². The molecule has 7 heteroatoms. The zero-order valence-electron chi connectivity index (χ0n) is 21.9. The van der Waals surface area contributed by atoms with Crippen molar-refractivity contribution < 1.29 is 23.8 Å². The van der Waals surface area contributed by atoms with Crippen LogP contribution in [0.15, 0.2) is 60.7 Å². The first-order chi connectivity index (χ1) is 17.9. The Balaban J connectivity index is 1.31. The number of rotatable bonds is 8. The van der Waals surface area contributed by atoms with Gasteiger partial charge < -0.3 is 24.4 Å². The van der Waals surface area contributed by atoms with Crippen LogP contribution in [0, 0.1) is 6.92 Å². The molecule has 1 N–H and O–H groups in total. The summed E-state index contributed by atoms with van der Waals surface area (Å²) in [5.41, 5.74) is 4.50. The van der Waals surface area contributed by atoms with Gasteiger partial charge in [-0.3, -0.25) is 9.59 Å². The third kappa shape index (κ3) is 6.23. The molecule has 0 radical (unpaired) electrons. The second kappa shape index (κ2) is 11.8. The summed E-state index contributed by atoms with van der Waals surface area (Å²) in [4.78, 5) is 27.5. The lowest BCUT2D eigenvalue weighted by molar-refractivity contribution is -0.115. The van der Waals surface area contributed by atoms with E-state index >= 15 is 0 Å². The molecule has 3 aromatic rings. The second-order valence-electron chi connectivity index (χ2n) is 9.28. The van der Waals surface area contributed by atoms with E-state index in [0.717, 1.165) is 35.4 Å². The van der Waals surface area contributed by atoms with Crippen molar-refractivity contribution in [2.45, 2.75) is 32.1 Å². The molecule has 37 heavy (non-hydrogen) atoms. The van der Waals surface area contributed by atoms with Crippen LogP contribution in [-0.4, -0.2) is 51.1 Å². The molecule has 1 aliphatic rings. The smallest absolute Gasteiger partial charge is 0.257 e. The number of carbonyl (C=O) groups is 2. The number of carbonyl (C=O) groups excluding carboxylic acids is 2. The monoisotopic (exact) mass is 502 g/mol. The van der Waals surface area contributed by atoms with Crippen LogP contribution >= 0.6 is 0 Å². The van der Waals surface area contributed by atoms with E-state index in [-0.39, 0.29) is 11.8 Å². The average molecular weight is 503 g/mol. The van der Waals surface area contributed by atoms with Crippen molar-refractivity contribution in [3.05, 3.63) is 82.9 Å². The highest BCUT2D eigenvalue weighted by molar-refractivity contribution is 5.97. The molecule has 0 spiro atoms. The molecule has 194 valence electrons. The Morgan fingerprint density at radius 2 is 1.57 bits per heavy atom. The molecule has 0 aromatic heterocycles. The number of aryl methyl sites for hydroxylation is 1. The predicted octanol–water partition coefficient (Wildman–Crippen LogP) is 5.22. The van der Waals surface area contributed by atoms with Gasteiger partial charge in [-0.2, -0.15) is 0 Å². The summed E-state index contributed by atoms with van der Waals surface area (Å²) in [6.45, 7) is 3.33. The third-order valence-electron chi connectivity index (χ3n) is 6.91. The number of likely N-dealkylation sites (tertiary alicyclic amines) is 1. The SMILES string of the molecule is COc1ccc(C(=O)N2CCC(c3ccc(NC(=O)Cc4ccc(OC)c(C)c4)cc3)CC2)c(OC)c1. The van der Waals surface area contributed by atoms with E-state index < -0.39 is 0 Å². The van der Waals surface area contributed by atoms with E-state index in [0.29, 0.717) is 42.5 Å². The van der Waals surface area contributed by atoms with Gasteiger partial charge >= 0.3 is 0 Å². The lowest BCUT2D eigenvalue weighted by Gasteiger charge is -2.32. The van der Waals surface area contributed by atoms with Crippen molar-refractivity contribution in [1.82, 2.24) is 4.90 Å². The van der Waals surface area contributed by atoms with Gasteiger partial charge in [0.25, 0.3) is 5.91 Å². The van der Waals surface area contributed by atoms with Gasteiger partial charge in [0.15, 0.2) is 0 Å². The van der Waals surface area contributed by atoms with Crippen LogP contribution in [0.3, 0.4) is 0 Å². The predicted molar refractivity (Wildman–Crippen MR) is 144 cm³/mol. The van der Waals surface area contributed by atoms with Crippen LogP contribution in [0.1, 0.15) is 45.8 Å². The number of amides is 2. The average Bonchev–Trinajstić information content (AvgIpc) is 2.93. The van der Waals surface area contributed by atoms with Gasteiger partial charge in [-0.1, -0.05) is 24.3 Å². The number of piperidine rings is 1. The van der Waals surface area contributed by atoms with Gasteiger partial charge in [-0.25, -0.2) is 0 Å². The minimum Gasteiger partial charge on any atom is -0.497 e. The quantitative estimate of drug-likeness (QED) is 0.457. The van der Waals surface area contributed by atoms with Gasteiger partial charge in [-0.05, 0) is 72.7 Å². The van der Waals surface area contributed by atoms with Gasteiger partial charge in [0.05, 0.1) is 33.3 Å². The minimum absolute atomic E-state index is 0.0249. The summed E-state index contributed by atoms with van der Waals surface area (Å²) in [6.07, 6.45) is 2.07. The molecule has 3 aromatic carbocycles. The zero-order chi connectivity index (χ0) is 26.4. The first-order valence-corrected chi connectivity index (χ1v) is 12.5. The fraction of sp³-hybridized carbons (Fsp3) is 0.333. The summed E-state index contributed by atoms with van der Waals surface area (Å²) in [6, 6.07) is 19.1. The Kier molecular flexibility index (Phi) is 8.33. The molecule has 0 bridgehead atoms. The van der Waals surface area contributed by atoms with Crippen LogP contribution in [0.4, 0.5) is 5.69 Å². The molecule has 1 heterocycles. The van der Waals surface area contributed by atoms with E-state index in [2.05, 4.69) is 17.4 Å². The highest BCUT2D eigenvalue weighted by Gasteiger charge is 2.26. The van der Waals surface area contributed by atoms with Gasteiger partial charge in [0.2, 0.25) is 5.91 Å². The Bertz CT molecular complexity index is 1250. The topological polar surface area (TPSA) is 77.1 Å². The van der Waals surface area contributed by atoms with E-state index in [1.54, 1.807) is 39.5 Å². The molecule has 0 unspecified atom stereocenters. The second-order valence-corrected chi connectivity index (χ2v) is 9.28. The molecule has 1 saturated heterocycles. The number of nitrogens with one attached hydrogen (secondary N) is 1. The fourth-order valence-electron chi connectivity index (χ4n) is 4.84. The summed E-state index contributed by atoms with van der Waals surface area (Å²) in [7, 11) is 4.79. The van der Waals surface area contributed by atoms with Gasteiger partial charge in [0, 0.05) is 24.8 Å². The van der Waals surface area contributed by atoms with Crippen molar-refractivity contribution in [1.29, 1.82) is 0 Å². The van der Waals surface area contributed by atoms with Gasteiger partial charge in [-0.15, -0.1) is 0 Å². The summed E-state index contributed by atoms with van der Waals surface area (Å²) < 4.78 is 15.9. The summed E-state index contributed by atoms with van der Waals surface area (Å²) >= 11 is 0. The molecule has 2 amide bonds. The first kappa shape index (κ1) is 26.1. The highest BCUT2D eigenvalue weighted by Crippen LogP contribution is 2.31. The van der Waals surface area contributed by atoms with Crippen LogP contribution in [-0.2, 0) is 11.2 Å². The maximum atomic E-state index is 13.1. The van der Waals surface area contributed by atoms with Crippen molar-refractivity contribution in [2.24, 2.45) is 0 Å². The van der Waals surface area contributed by atoms with Crippen molar-refractivity contribution >= 4 is 17.5 Å². The lowest BCUT2D eigenvalue weighted by Crippen LogP contribution is -2.38. The normalized spacial score (nSPS) is 13.7. The number of ether oxygens (including phenoxy) is 3. The number of anilines is 1. The number of methoxy groups -OCH3 is 3. The van der Waals surface area contributed by atoms with Crippen molar-refractivity contribution in [2.75, 3.05) is 39.7 Å². The van der Waals surface area contributed by atoms with Crippen LogP contribution < -0.4 is 19.5 Å². The molecule has 1 fully saturated rings. The number of hydrogen-bond acceptors (Lipinski definition) is 5. The van der Waals surface area contributed by atoms with E-state index in [1.165, 1.54) is 5.56 Å². The Morgan fingerprint density at radius 1 is 0.865 bits per heavy atom. The largest absolute Gasteiger partial charge is 0.497 e. The number of hydrogen-bond donors (Lipinski definition) is 1. The fourth-order valence-corrected chi connectivity index (χ4v) is 4.84. The summed E-state index contributed by atoms with van der Waals surface area (Å²) in [5.74, 6) is 2.28. The molecule has 0 aliphatic carbocycles. The molecular formula is C30H34N2O5. The molecule has 7 nitrogen and oxygen atoms in total. The minimum atomic E-state index is -0.0573. The molecule has 1 aliphatic heterocycles. The van der Waals surface area contributed by atoms with Crippen LogP contribution in [0.5, 0.6) is 17.2 Å². The number of benzene rings is 3. The summed E-state index contributed by atoms with van der Waals surface area (Å²) in [5, 5.41) is 2.98. The van der Waals surface area contributed by atoms with E-state index in [9.17, 15) is 9.59 Å².